The van der Waals surface area contributed by atoms with Gasteiger partial charge in [-0.3, -0.25) is 0 Å². The summed E-state index contributed by atoms with van der Waals surface area (Å²) in [4.78, 5) is 6.49. The highest BCUT2D eigenvalue weighted by atomic mass is 15.1. The summed E-state index contributed by atoms with van der Waals surface area (Å²) < 4.78 is 2.17. The number of aromatic nitrogens is 2. The van der Waals surface area contributed by atoms with E-state index >= 15 is 0 Å². The summed E-state index contributed by atoms with van der Waals surface area (Å²) in [5.74, 6) is 0. The molecule has 0 saturated carbocycles. The molecule has 0 unspecified atom stereocenters. The molecule has 0 aliphatic rings. The molecule has 0 amide bonds. The second-order valence-electron chi connectivity index (χ2n) is 4.42. The smallest absolute Gasteiger partial charge is 0.0948 e. The maximum absolute atomic E-state index is 4.15. The predicted molar refractivity (Wildman–Crippen MR) is 67.4 cm³/mol. The van der Waals surface area contributed by atoms with Gasteiger partial charge in [0, 0.05) is 38.4 Å². The van der Waals surface area contributed by atoms with Crippen LogP contribution in [0, 0.1) is 0 Å². The second kappa shape index (κ2) is 6.66. The third kappa shape index (κ3) is 3.94. The van der Waals surface area contributed by atoms with Crippen molar-refractivity contribution in [1.29, 1.82) is 0 Å². The number of aryl methyl sites for hydroxylation is 1. The Morgan fingerprint density at radius 2 is 2.25 bits per heavy atom. The summed E-state index contributed by atoms with van der Waals surface area (Å²) in [6.45, 7) is 10.6. The maximum Gasteiger partial charge on any atom is 0.0948 e. The van der Waals surface area contributed by atoms with E-state index in [1.807, 2.05) is 12.5 Å². The first kappa shape index (κ1) is 13.2. The van der Waals surface area contributed by atoms with Crippen LogP contribution in [-0.2, 0) is 13.1 Å². The largest absolute Gasteiger partial charge is 0.334 e. The number of hydrogen-bond donors (Lipinski definition) is 1. The van der Waals surface area contributed by atoms with Gasteiger partial charge in [-0.25, -0.2) is 4.98 Å². The Labute approximate surface area is 98.7 Å². The van der Waals surface area contributed by atoms with E-state index in [9.17, 15) is 0 Å². The van der Waals surface area contributed by atoms with E-state index in [0.717, 1.165) is 26.2 Å². The molecule has 1 rings (SSSR count). The molecule has 0 aliphatic heterocycles. The molecule has 0 saturated heterocycles. The summed E-state index contributed by atoms with van der Waals surface area (Å²) in [5, 5.41) is 3.45. The van der Waals surface area contributed by atoms with Crippen molar-refractivity contribution in [2.45, 2.75) is 39.9 Å². The van der Waals surface area contributed by atoms with Gasteiger partial charge in [-0.1, -0.05) is 0 Å². The number of nitrogens with zero attached hydrogens (tertiary/aromatic N) is 3. The van der Waals surface area contributed by atoms with E-state index in [4.69, 9.17) is 0 Å². The maximum atomic E-state index is 4.15. The molecule has 0 atom stereocenters. The van der Waals surface area contributed by atoms with Crippen LogP contribution in [0.15, 0.2) is 12.5 Å². The van der Waals surface area contributed by atoms with Gasteiger partial charge in [0.25, 0.3) is 0 Å². The number of likely N-dealkylation sites (N-methyl/N-ethyl adjacent to an activating group) is 1. The molecule has 0 aliphatic carbocycles. The van der Waals surface area contributed by atoms with Crippen molar-refractivity contribution in [1.82, 2.24) is 19.8 Å². The van der Waals surface area contributed by atoms with Gasteiger partial charge >= 0.3 is 0 Å². The molecule has 0 fully saturated rings. The van der Waals surface area contributed by atoms with E-state index < -0.39 is 0 Å². The number of rotatable bonds is 7. The van der Waals surface area contributed by atoms with E-state index in [1.54, 1.807) is 0 Å². The number of hydrogen-bond acceptors (Lipinski definition) is 3. The van der Waals surface area contributed by atoms with Crippen molar-refractivity contribution in [3.05, 3.63) is 18.2 Å². The molecular formula is C12H24N4. The van der Waals surface area contributed by atoms with E-state index in [-0.39, 0.29) is 0 Å². The van der Waals surface area contributed by atoms with Crippen molar-refractivity contribution in [3.63, 3.8) is 0 Å². The van der Waals surface area contributed by atoms with Gasteiger partial charge in [0.05, 0.1) is 12.0 Å². The van der Waals surface area contributed by atoms with Crippen molar-refractivity contribution in [3.8, 4) is 0 Å². The van der Waals surface area contributed by atoms with E-state index in [2.05, 4.69) is 47.6 Å². The van der Waals surface area contributed by atoms with Crippen LogP contribution in [0.5, 0.6) is 0 Å². The second-order valence-corrected chi connectivity index (χ2v) is 4.42. The third-order valence-corrected chi connectivity index (χ3v) is 2.97. The first-order valence-electron chi connectivity index (χ1n) is 6.05. The van der Waals surface area contributed by atoms with Crippen LogP contribution in [0.25, 0.3) is 0 Å². The zero-order valence-electron chi connectivity index (χ0n) is 10.9. The van der Waals surface area contributed by atoms with Crippen LogP contribution in [-0.4, -0.2) is 40.6 Å². The molecule has 1 heterocycles. The standard InChI is InChI=1S/C12H24N4/c1-5-16-10-14-9-12(16)8-13-6-7-15(4)11(2)3/h9-11,13H,5-8H2,1-4H3. The number of nitrogens with one attached hydrogen (secondary N) is 1. The van der Waals surface area contributed by atoms with E-state index in [0.29, 0.717) is 6.04 Å². The fraction of sp³-hybridized carbons (Fsp3) is 0.750. The molecule has 1 aromatic rings. The van der Waals surface area contributed by atoms with Crippen molar-refractivity contribution in [2.75, 3.05) is 20.1 Å². The quantitative estimate of drug-likeness (QED) is 0.709. The molecule has 0 bridgehead atoms. The predicted octanol–water partition coefficient (Wildman–Crippen LogP) is 1.33. The Kier molecular flexibility index (Phi) is 5.49. The van der Waals surface area contributed by atoms with Crippen molar-refractivity contribution >= 4 is 0 Å². The van der Waals surface area contributed by atoms with Gasteiger partial charge < -0.3 is 14.8 Å². The lowest BCUT2D eigenvalue weighted by Gasteiger charge is -2.20. The summed E-state index contributed by atoms with van der Waals surface area (Å²) >= 11 is 0. The highest BCUT2D eigenvalue weighted by Crippen LogP contribution is 1.98. The minimum atomic E-state index is 0.614. The average molecular weight is 224 g/mol. The lowest BCUT2D eigenvalue weighted by Crippen LogP contribution is -2.33. The van der Waals surface area contributed by atoms with Gasteiger partial charge in [-0.2, -0.15) is 0 Å². The zero-order chi connectivity index (χ0) is 12.0. The van der Waals surface area contributed by atoms with Gasteiger partial charge in [-0.05, 0) is 27.8 Å². The van der Waals surface area contributed by atoms with Crippen molar-refractivity contribution in [2.24, 2.45) is 0 Å². The summed E-state index contributed by atoms with van der Waals surface area (Å²) in [7, 11) is 2.16. The number of imidazole rings is 1. The Hall–Kier alpha value is -0.870. The molecule has 92 valence electrons. The van der Waals surface area contributed by atoms with Crippen LogP contribution in [0.1, 0.15) is 26.5 Å². The third-order valence-electron chi connectivity index (χ3n) is 2.97. The van der Waals surface area contributed by atoms with Crippen LogP contribution >= 0.6 is 0 Å². The Bertz CT molecular complexity index is 293. The first-order valence-corrected chi connectivity index (χ1v) is 6.05. The van der Waals surface area contributed by atoms with Gasteiger partial charge in [0.1, 0.15) is 0 Å². The van der Waals surface area contributed by atoms with Crippen molar-refractivity contribution < 1.29 is 0 Å². The van der Waals surface area contributed by atoms with Crippen LogP contribution < -0.4 is 5.32 Å². The molecular weight excluding hydrogens is 200 g/mol. The molecule has 4 heteroatoms. The van der Waals surface area contributed by atoms with Crippen LogP contribution in [0.4, 0.5) is 0 Å². The Balaban J connectivity index is 2.21. The molecule has 0 radical (unpaired) electrons. The van der Waals surface area contributed by atoms with Crippen LogP contribution in [0.3, 0.4) is 0 Å². The highest BCUT2D eigenvalue weighted by Gasteiger charge is 2.03. The Morgan fingerprint density at radius 3 is 2.88 bits per heavy atom. The normalized spacial score (nSPS) is 11.6. The summed E-state index contributed by atoms with van der Waals surface area (Å²) in [5.41, 5.74) is 1.26. The molecule has 1 N–H and O–H groups in total. The highest BCUT2D eigenvalue weighted by molar-refractivity contribution is 4.97. The van der Waals surface area contributed by atoms with E-state index in [1.165, 1.54) is 5.69 Å². The monoisotopic (exact) mass is 224 g/mol. The SMILES string of the molecule is CCn1cncc1CNCCN(C)C(C)C. The fourth-order valence-corrected chi connectivity index (χ4v) is 1.51. The van der Waals surface area contributed by atoms with Gasteiger partial charge in [0.15, 0.2) is 0 Å². The zero-order valence-corrected chi connectivity index (χ0v) is 10.9. The topological polar surface area (TPSA) is 33.1 Å². The fourth-order valence-electron chi connectivity index (χ4n) is 1.51. The van der Waals surface area contributed by atoms with Gasteiger partial charge in [0.2, 0.25) is 0 Å². The molecule has 0 aromatic carbocycles. The minimum absolute atomic E-state index is 0.614. The Morgan fingerprint density at radius 1 is 1.50 bits per heavy atom. The molecule has 4 nitrogen and oxygen atoms in total. The lowest BCUT2D eigenvalue weighted by atomic mass is 10.3. The summed E-state index contributed by atoms with van der Waals surface area (Å²) in [6.07, 6.45) is 3.82. The van der Waals surface area contributed by atoms with Gasteiger partial charge in [-0.15, -0.1) is 0 Å². The average Bonchev–Trinajstić information content (AvgIpc) is 2.71. The molecule has 0 spiro atoms. The first-order chi connectivity index (χ1) is 7.65. The van der Waals surface area contributed by atoms with Crippen LogP contribution in [0.2, 0.25) is 0 Å². The molecule has 1 aromatic heterocycles. The minimum Gasteiger partial charge on any atom is -0.334 e. The molecule has 16 heavy (non-hydrogen) atoms. The lowest BCUT2D eigenvalue weighted by molar-refractivity contribution is 0.273. The summed E-state index contributed by atoms with van der Waals surface area (Å²) in [6, 6.07) is 0.614.